The Morgan fingerprint density at radius 3 is 2.47 bits per heavy atom. The summed E-state index contributed by atoms with van der Waals surface area (Å²) in [6.07, 6.45) is 2.68. The zero-order chi connectivity index (χ0) is 24.9. The summed E-state index contributed by atoms with van der Waals surface area (Å²) in [4.78, 5) is 29.8. The van der Waals surface area contributed by atoms with Crippen LogP contribution in [0.2, 0.25) is 0 Å². The Hall–Kier alpha value is -3.11. The first kappa shape index (κ1) is 24.6. The van der Waals surface area contributed by atoms with Crippen LogP contribution in [0.4, 0.5) is 11.5 Å². The topological polar surface area (TPSA) is 86.4 Å². The third kappa shape index (κ3) is 5.82. The van der Waals surface area contributed by atoms with Crippen molar-refractivity contribution in [2.45, 2.75) is 13.3 Å². The summed E-state index contributed by atoms with van der Waals surface area (Å²) < 4.78 is 5.19. The number of aromatic amines is 1. The van der Waals surface area contributed by atoms with Gasteiger partial charge in [-0.2, -0.15) is 0 Å². The van der Waals surface area contributed by atoms with Crippen LogP contribution < -0.4 is 10.9 Å². The van der Waals surface area contributed by atoms with Gasteiger partial charge in [0.1, 0.15) is 5.82 Å². The van der Waals surface area contributed by atoms with Crippen LogP contribution >= 0.6 is 11.3 Å². The molecule has 4 heterocycles. The van der Waals surface area contributed by atoms with Gasteiger partial charge < -0.3 is 19.9 Å². The van der Waals surface area contributed by atoms with Crippen LogP contribution in [0.1, 0.15) is 10.6 Å². The van der Waals surface area contributed by atoms with Gasteiger partial charge in [-0.25, -0.2) is 9.97 Å². The van der Waals surface area contributed by atoms with Crippen molar-refractivity contribution in [1.82, 2.24) is 24.8 Å². The van der Waals surface area contributed by atoms with Gasteiger partial charge in [-0.3, -0.25) is 9.69 Å². The second kappa shape index (κ2) is 11.3. The fourth-order valence-corrected chi connectivity index (χ4v) is 5.16. The SMILES string of the molecule is COCCN1CCN(CCc2ccc(Nc3nc(-c4csc(C)n4)cc4cc[nH]c(=O)c34)cc2)CC1. The smallest absolute Gasteiger partial charge is 0.259 e. The summed E-state index contributed by atoms with van der Waals surface area (Å²) in [5, 5.41) is 7.73. The Labute approximate surface area is 215 Å². The van der Waals surface area contributed by atoms with Gasteiger partial charge in [0.15, 0.2) is 0 Å². The zero-order valence-corrected chi connectivity index (χ0v) is 21.6. The summed E-state index contributed by atoms with van der Waals surface area (Å²) in [7, 11) is 1.76. The molecule has 0 bridgehead atoms. The van der Waals surface area contributed by atoms with Crippen molar-refractivity contribution in [1.29, 1.82) is 0 Å². The highest BCUT2D eigenvalue weighted by Gasteiger charge is 2.16. The van der Waals surface area contributed by atoms with Crippen LogP contribution in [0, 0.1) is 6.92 Å². The molecule has 0 aliphatic carbocycles. The van der Waals surface area contributed by atoms with Gasteiger partial charge in [0.05, 0.1) is 28.4 Å². The molecule has 0 saturated carbocycles. The lowest BCUT2D eigenvalue weighted by Crippen LogP contribution is -2.47. The van der Waals surface area contributed by atoms with E-state index < -0.39 is 0 Å². The molecule has 0 amide bonds. The van der Waals surface area contributed by atoms with Gasteiger partial charge in [0.2, 0.25) is 0 Å². The van der Waals surface area contributed by atoms with Gasteiger partial charge in [-0.15, -0.1) is 11.3 Å². The number of thiazole rings is 1. The number of piperazine rings is 1. The number of methoxy groups -OCH3 is 1. The molecule has 1 saturated heterocycles. The normalized spacial score (nSPS) is 14.9. The average molecular weight is 505 g/mol. The monoisotopic (exact) mass is 504 g/mol. The van der Waals surface area contributed by atoms with E-state index in [9.17, 15) is 4.79 Å². The maximum Gasteiger partial charge on any atom is 0.259 e. The third-order valence-corrected chi connectivity index (χ3v) is 7.42. The largest absolute Gasteiger partial charge is 0.383 e. The predicted molar refractivity (Wildman–Crippen MR) is 146 cm³/mol. The number of ether oxygens (including phenoxy) is 1. The molecule has 1 aliphatic rings. The quantitative estimate of drug-likeness (QED) is 0.357. The average Bonchev–Trinajstić information content (AvgIpc) is 3.34. The van der Waals surface area contributed by atoms with E-state index in [-0.39, 0.29) is 5.56 Å². The first-order valence-electron chi connectivity index (χ1n) is 12.3. The summed E-state index contributed by atoms with van der Waals surface area (Å²) in [5.74, 6) is 0.536. The van der Waals surface area contributed by atoms with Gasteiger partial charge in [-0.05, 0) is 48.6 Å². The van der Waals surface area contributed by atoms with Crippen molar-refractivity contribution in [3.8, 4) is 11.4 Å². The number of fused-ring (bicyclic) bond motifs is 1. The number of pyridine rings is 2. The van der Waals surface area contributed by atoms with E-state index in [0.717, 1.165) is 79.8 Å². The van der Waals surface area contributed by atoms with Gasteiger partial charge in [-0.1, -0.05) is 12.1 Å². The number of nitrogens with zero attached hydrogens (tertiary/aromatic N) is 4. The van der Waals surface area contributed by atoms with Crippen LogP contribution in [0.25, 0.3) is 22.2 Å². The molecule has 2 N–H and O–H groups in total. The minimum Gasteiger partial charge on any atom is -0.383 e. The molecular weight excluding hydrogens is 472 g/mol. The lowest BCUT2D eigenvalue weighted by molar-refractivity contribution is 0.0976. The van der Waals surface area contributed by atoms with Gasteiger partial charge >= 0.3 is 0 Å². The second-order valence-corrected chi connectivity index (χ2v) is 10.2. The standard InChI is InChI=1S/C27H32N6O2S/c1-19-29-24(18-36-19)23-17-21-7-9-28-27(34)25(21)26(31-23)30-22-5-3-20(4-6-22)8-10-32-11-13-33(14-12-32)15-16-35-2/h3-7,9,17-18H,8,10-16H2,1-2H3,(H,28,34)(H,30,31). The Kier molecular flexibility index (Phi) is 7.72. The molecule has 188 valence electrons. The van der Waals surface area contributed by atoms with Crippen LogP contribution in [0.3, 0.4) is 0 Å². The highest BCUT2D eigenvalue weighted by molar-refractivity contribution is 7.09. The highest BCUT2D eigenvalue weighted by Crippen LogP contribution is 2.28. The molecule has 5 rings (SSSR count). The highest BCUT2D eigenvalue weighted by atomic mass is 32.1. The molecule has 0 unspecified atom stereocenters. The van der Waals surface area contributed by atoms with Crippen LogP contribution in [-0.2, 0) is 11.2 Å². The maximum absolute atomic E-state index is 12.6. The van der Waals surface area contributed by atoms with Crippen LogP contribution in [0.5, 0.6) is 0 Å². The van der Waals surface area contributed by atoms with Crippen molar-refractivity contribution >= 4 is 33.6 Å². The molecule has 3 aromatic heterocycles. The van der Waals surface area contributed by atoms with E-state index in [2.05, 4.69) is 49.4 Å². The number of hydrogen-bond donors (Lipinski definition) is 2. The number of aromatic nitrogens is 3. The molecule has 1 fully saturated rings. The molecule has 0 atom stereocenters. The minimum absolute atomic E-state index is 0.164. The van der Waals surface area contributed by atoms with E-state index in [1.54, 1.807) is 24.6 Å². The first-order valence-corrected chi connectivity index (χ1v) is 13.2. The summed E-state index contributed by atoms with van der Waals surface area (Å²) in [6.45, 7) is 9.26. The number of hydrogen-bond acceptors (Lipinski definition) is 8. The van der Waals surface area contributed by atoms with Gasteiger partial charge in [0, 0.05) is 63.6 Å². The van der Waals surface area contributed by atoms with Crippen molar-refractivity contribution in [2.75, 3.05) is 58.3 Å². The van der Waals surface area contributed by atoms with E-state index in [4.69, 9.17) is 9.72 Å². The van der Waals surface area contributed by atoms with Crippen molar-refractivity contribution < 1.29 is 4.74 Å². The molecule has 4 aromatic rings. The first-order chi connectivity index (χ1) is 17.6. The third-order valence-electron chi connectivity index (χ3n) is 6.65. The van der Waals surface area contributed by atoms with E-state index >= 15 is 0 Å². The van der Waals surface area contributed by atoms with Crippen molar-refractivity contribution in [2.24, 2.45) is 0 Å². The molecule has 0 spiro atoms. The van der Waals surface area contributed by atoms with Crippen LogP contribution in [0.15, 0.2) is 52.8 Å². The van der Waals surface area contributed by atoms with Crippen LogP contribution in [-0.4, -0.2) is 77.7 Å². The Balaban J connectivity index is 1.26. The summed E-state index contributed by atoms with van der Waals surface area (Å²) in [6, 6.07) is 12.2. The number of H-pyrrole nitrogens is 1. The van der Waals surface area contributed by atoms with Crippen molar-refractivity contribution in [3.63, 3.8) is 0 Å². The number of nitrogens with one attached hydrogen (secondary N) is 2. The summed E-state index contributed by atoms with van der Waals surface area (Å²) in [5.41, 5.74) is 3.60. The molecule has 9 heteroatoms. The zero-order valence-electron chi connectivity index (χ0n) is 20.8. The van der Waals surface area contributed by atoms with Crippen molar-refractivity contribution in [3.05, 3.63) is 68.9 Å². The van der Waals surface area contributed by atoms with E-state index in [1.807, 2.05) is 24.4 Å². The Morgan fingerprint density at radius 2 is 1.78 bits per heavy atom. The predicted octanol–water partition coefficient (Wildman–Crippen LogP) is 3.91. The number of benzene rings is 1. The molecule has 8 nitrogen and oxygen atoms in total. The molecular formula is C27H32N6O2S. The lowest BCUT2D eigenvalue weighted by atomic mass is 10.1. The fourth-order valence-electron chi connectivity index (χ4n) is 4.55. The Morgan fingerprint density at radius 1 is 1.03 bits per heavy atom. The summed E-state index contributed by atoms with van der Waals surface area (Å²) >= 11 is 1.59. The van der Waals surface area contributed by atoms with E-state index in [0.29, 0.717) is 11.2 Å². The molecule has 0 radical (unpaired) electrons. The maximum atomic E-state index is 12.6. The molecule has 1 aromatic carbocycles. The van der Waals surface area contributed by atoms with E-state index in [1.165, 1.54) is 5.56 Å². The molecule has 36 heavy (non-hydrogen) atoms. The number of anilines is 2. The van der Waals surface area contributed by atoms with Gasteiger partial charge in [0.25, 0.3) is 5.56 Å². The minimum atomic E-state index is -0.164. The second-order valence-electron chi connectivity index (χ2n) is 9.13. The molecule has 1 aliphatic heterocycles. The Bertz CT molecular complexity index is 1360. The fraction of sp³-hybridized carbons (Fsp3) is 0.370. The number of rotatable bonds is 9. The number of aryl methyl sites for hydroxylation is 1. The lowest BCUT2D eigenvalue weighted by Gasteiger charge is -2.34.